The molecule has 1 heterocycles. The number of hydrogen-bond donors (Lipinski definition) is 2. The van der Waals surface area contributed by atoms with Crippen LogP contribution >= 0.6 is 0 Å². The molecular formula is C11H16N2O4. The minimum absolute atomic E-state index is 0.0173. The Kier molecular flexibility index (Phi) is 3.88. The summed E-state index contributed by atoms with van der Waals surface area (Å²) < 4.78 is 4.48. The highest BCUT2D eigenvalue weighted by atomic mass is 16.5. The SMILES string of the molecule is CC(C)(C)CCNC(=O)c1cc(C(=O)O)on1. The van der Waals surface area contributed by atoms with Gasteiger partial charge in [-0.2, -0.15) is 0 Å². The van der Waals surface area contributed by atoms with Crippen molar-refractivity contribution in [3.05, 3.63) is 17.5 Å². The first-order chi connectivity index (χ1) is 7.79. The van der Waals surface area contributed by atoms with Gasteiger partial charge in [0.2, 0.25) is 5.76 Å². The Hall–Kier alpha value is -1.85. The van der Waals surface area contributed by atoms with Gasteiger partial charge in [-0.3, -0.25) is 4.79 Å². The Bertz CT molecular complexity index is 417. The monoisotopic (exact) mass is 240 g/mol. The number of nitrogens with one attached hydrogen (secondary N) is 1. The topological polar surface area (TPSA) is 92.4 Å². The van der Waals surface area contributed by atoms with Crippen LogP contribution in [0.5, 0.6) is 0 Å². The Morgan fingerprint density at radius 2 is 2.12 bits per heavy atom. The van der Waals surface area contributed by atoms with Crippen molar-refractivity contribution in [1.82, 2.24) is 10.5 Å². The van der Waals surface area contributed by atoms with Gasteiger partial charge in [0.1, 0.15) is 0 Å². The average Bonchev–Trinajstić information content (AvgIpc) is 2.63. The fourth-order valence-electron chi connectivity index (χ4n) is 1.12. The summed E-state index contributed by atoms with van der Waals surface area (Å²) in [6.45, 7) is 6.71. The number of rotatable bonds is 4. The van der Waals surface area contributed by atoms with E-state index in [9.17, 15) is 9.59 Å². The molecule has 1 rings (SSSR count). The van der Waals surface area contributed by atoms with Gasteiger partial charge in [-0.25, -0.2) is 4.79 Å². The van der Waals surface area contributed by atoms with Gasteiger partial charge in [0.05, 0.1) is 0 Å². The fraction of sp³-hybridized carbons (Fsp3) is 0.545. The van der Waals surface area contributed by atoms with E-state index in [2.05, 4.69) is 35.8 Å². The van der Waals surface area contributed by atoms with Gasteiger partial charge in [0, 0.05) is 12.6 Å². The molecule has 1 aromatic heterocycles. The molecule has 6 nitrogen and oxygen atoms in total. The van der Waals surface area contributed by atoms with E-state index in [-0.39, 0.29) is 16.9 Å². The molecule has 0 aromatic carbocycles. The summed E-state index contributed by atoms with van der Waals surface area (Å²) in [6.07, 6.45) is 0.822. The first-order valence-corrected chi connectivity index (χ1v) is 5.28. The van der Waals surface area contributed by atoms with Crippen molar-refractivity contribution in [3.63, 3.8) is 0 Å². The molecule has 0 atom stereocenters. The van der Waals surface area contributed by atoms with Crippen LogP contribution in [-0.2, 0) is 0 Å². The highest BCUT2D eigenvalue weighted by Gasteiger charge is 2.17. The van der Waals surface area contributed by atoms with Crippen molar-refractivity contribution in [2.24, 2.45) is 5.41 Å². The highest BCUT2D eigenvalue weighted by Crippen LogP contribution is 2.17. The summed E-state index contributed by atoms with van der Waals surface area (Å²) >= 11 is 0. The number of carboxylic acid groups (broad SMARTS) is 1. The number of carbonyl (C=O) groups excluding carboxylic acids is 1. The second kappa shape index (κ2) is 4.99. The standard InChI is InChI=1S/C11H16N2O4/c1-11(2,3)4-5-12-9(14)7-6-8(10(15)16)17-13-7/h6H,4-5H2,1-3H3,(H,12,14)(H,15,16). The van der Waals surface area contributed by atoms with Gasteiger partial charge in [0.15, 0.2) is 5.69 Å². The molecule has 2 N–H and O–H groups in total. The molecule has 1 aromatic rings. The van der Waals surface area contributed by atoms with Crippen molar-refractivity contribution in [2.45, 2.75) is 27.2 Å². The molecule has 0 unspecified atom stereocenters. The van der Waals surface area contributed by atoms with Crippen LogP contribution in [0.15, 0.2) is 10.6 Å². The zero-order valence-electron chi connectivity index (χ0n) is 10.1. The van der Waals surface area contributed by atoms with E-state index < -0.39 is 11.9 Å². The van der Waals surface area contributed by atoms with Crippen LogP contribution in [0.4, 0.5) is 0 Å². The lowest BCUT2D eigenvalue weighted by Crippen LogP contribution is -2.27. The summed E-state index contributed by atoms with van der Waals surface area (Å²) in [5.41, 5.74) is 0.111. The normalized spacial score (nSPS) is 11.2. The second-order valence-electron chi connectivity index (χ2n) is 4.95. The molecule has 94 valence electrons. The maximum Gasteiger partial charge on any atom is 0.374 e. The van der Waals surface area contributed by atoms with E-state index in [1.165, 1.54) is 0 Å². The number of amides is 1. The molecule has 0 aliphatic heterocycles. The number of aromatic nitrogens is 1. The maximum atomic E-state index is 11.5. The third kappa shape index (κ3) is 4.26. The summed E-state index contributed by atoms with van der Waals surface area (Å²) in [5, 5.41) is 14.6. The first kappa shape index (κ1) is 13.2. The quantitative estimate of drug-likeness (QED) is 0.832. The molecule has 17 heavy (non-hydrogen) atoms. The second-order valence-corrected chi connectivity index (χ2v) is 4.95. The van der Waals surface area contributed by atoms with E-state index >= 15 is 0 Å². The van der Waals surface area contributed by atoms with E-state index in [0.29, 0.717) is 6.54 Å². The van der Waals surface area contributed by atoms with Crippen molar-refractivity contribution in [3.8, 4) is 0 Å². The zero-order valence-corrected chi connectivity index (χ0v) is 10.1. The number of hydrogen-bond acceptors (Lipinski definition) is 4. The lowest BCUT2D eigenvalue weighted by Gasteiger charge is -2.17. The summed E-state index contributed by atoms with van der Waals surface area (Å²) in [7, 11) is 0. The summed E-state index contributed by atoms with van der Waals surface area (Å²) in [6, 6.07) is 1.11. The van der Waals surface area contributed by atoms with Gasteiger partial charge in [-0.1, -0.05) is 25.9 Å². The maximum absolute atomic E-state index is 11.5. The van der Waals surface area contributed by atoms with Crippen LogP contribution in [0.3, 0.4) is 0 Å². The van der Waals surface area contributed by atoms with E-state index in [1.807, 2.05) is 0 Å². The Morgan fingerprint density at radius 3 is 2.59 bits per heavy atom. The van der Waals surface area contributed by atoms with Crippen LogP contribution in [0.1, 0.15) is 48.2 Å². The van der Waals surface area contributed by atoms with Gasteiger partial charge in [-0.05, 0) is 11.8 Å². The molecular weight excluding hydrogens is 224 g/mol. The molecule has 0 saturated carbocycles. The molecule has 6 heteroatoms. The molecule has 0 aliphatic rings. The third-order valence-electron chi connectivity index (χ3n) is 2.11. The highest BCUT2D eigenvalue weighted by molar-refractivity contribution is 5.94. The lowest BCUT2D eigenvalue weighted by atomic mass is 9.92. The minimum atomic E-state index is -1.24. The van der Waals surface area contributed by atoms with Crippen LogP contribution < -0.4 is 5.32 Å². The Balaban J connectivity index is 2.50. The van der Waals surface area contributed by atoms with Crippen LogP contribution in [0.25, 0.3) is 0 Å². The summed E-state index contributed by atoms with van der Waals surface area (Å²) in [5.74, 6) is -2.01. The van der Waals surface area contributed by atoms with E-state index in [1.54, 1.807) is 0 Å². The molecule has 0 spiro atoms. The largest absolute Gasteiger partial charge is 0.475 e. The molecule has 0 fully saturated rings. The smallest absolute Gasteiger partial charge is 0.374 e. The van der Waals surface area contributed by atoms with Crippen molar-refractivity contribution >= 4 is 11.9 Å². The first-order valence-electron chi connectivity index (χ1n) is 5.28. The number of aromatic carboxylic acids is 1. The molecule has 0 saturated heterocycles. The number of carboxylic acids is 1. The van der Waals surface area contributed by atoms with Crippen molar-refractivity contribution in [2.75, 3.05) is 6.54 Å². The van der Waals surface area contributed by atoms with Crippen molar-refractivity contribution < 1.29 is 19.2 Å². The van der Waals surface area contributed by atoms with Gasteiger partial charge >= 0.3 is 5.97 Å². The predicted molar refractivity (Wildman–Crippen MR) is 59.9 cm³/mol. The van der Waals surface area contributed by atoms with Crippen LogP contribution in [-0.4, -0.2) is 28.7 Å². The molecule has 0 radical (unpaired) electrons. The number of nitrogens with zero attached hydrogens (tertiary/aromatic N) is 1. The van der Waals surface area contributed by atoms with Gasteiger partial charge in [-0.15, -0.1) is 0 Å². The van der Waals surface area contributed by atoms with E-state index in [0.717, 1.165) is 12.5 Å². The van der Waals surface area contributed by atoms with Gasteiger partial charge in [0.25, 0.3) is 5.91 Å². The molecule has 0 bridgehead atoms. The minimum Gasteiger partial charge on any atom is -0.475 e. The van der Waals surface area contributed by atoms with Crippen LogP contribution in [0, 0.1) is 5.41 Å². The summed E-state index contributed by atoms with van der Waals surface area (Å²) in [4.78, 5) is 22.1. The van der Waals surface area contributed by atoms with Crippen molar-refractivity contribution in [1.29, 1.82) is 0 Å². The van der Waals surface area contributed by atoms with E-state index in [4.69, 9.17) is 5.11 Å². The predicted octanol–water partition coefficient (Wildman–Crippen LogP) is 1.54. The van der Waals surface area contributed by atoms with Gasteiger partial charge < -0.3 is 14.9 Å². The Labute approximate surface area is 99.0 Å². The fourth-order valence-corrected chi connectivity index (χ4v) is 1.12. The average molecular weight is 240 g/mol. The molecule has 0 aliphatic carbocycles. The number of carbonyl (C=O) groups is 2. The van der Waals surface area contributed by atoms with Crippen LogP contribution in [0.2, 0.25) is 0 Å². The Morgan fingerprint density at radius 1 is 1.47 bits per heavy atom. The molecule has 1 amide bonds. The zero-order chi connectivity index (χ0) is 13.1. The lowest BCUT2D eigenvalue weighted by molar-refractivity contribution is 0.0651. The third-order valence-corrected chi connectivity index (χ3v) is 2.11.